The van der Waals surface area contributed by atoms with Gasteiger partial charge in [0, 0.05) is 28.6 Å². The van der Waals surface area contributed by atoms with Crippen LogP contribution in [0.15, 0.2) is 37.1 Å². The van der Waals surface area contributed by atoms with Crippen LogP contribution >= 0.6 is 0 Å². The quantitative estimate of drug-likeness (QED) is 0.824. The summed E-state index contributed by atoms with van der Waals surface area (Å²) in [6.07, 6.45) is 1.61. The van der Waals surface area contributed by atoms with E-state index in [-0.39, 0.29) is 5.91 Å². The Bertz CT molecular complexity index is 903. The number of carbonyl (C=O) groups is 1. The topological polar surface area (TPSA) is 93.8 Å². The number of nitrogens with zero attached hydrogens (tertiary/aromatic N) is 3. The van der Waals surface area contributed by atoms with Gasteiger partial charge in [0.15, 0.2) is 5.82 Å². The van der Waals surface area contributed by atoms with Crippen molar-refractivity contribution in [2.75, 3.05) is 11.1 Å². The van der Waals surface area contributed by atoms with Gasteiger partial charge in [-0.3, -0.25) is 4.79 Å². The Morgan fingerprint density at radius 3 is 2.50 bits per heavy atom. The van der Waals surface area contributed by atoms with E-state index in [1.165, 1.54) is 0 Å². The fraction of sp³-hybridized carbons (Fsp3) is 0.300. The third-order valence-corrected chi connectivity index (χ3v) is 4.56. The molecule has 6 nitrogen and oxygen atoms in total. The molecule has 26 heavy (non-hydrogen) atoms. The summed E-state index contributed by atoms with van der Waals surface area (Å²) in [7, 11) is 0. The summed E-state index contributed by atoms with van der Waals surface area (Å²) in [5.74, 6) is 1.12. The van der Waals surface area contributed by atoms with Gasteiger partial charge in [0.05, 0.1) is 5.41 Å². The number of hydrogen-bond acceptors (Lipinski definition) is 5. The summed E-state index contributed by atoms with van der Waals surface area (Å²) in [4.78, 5) is 25.6. The molecular formula is C20H25N5O. The molecule has 1 atom stereocenters. The van der Waals surface area contributed by atoms with Crippen LogP contribution in [0.25, 0.3) is 5.57 Å². The van der Waals surface area contributed by atoms with Gasteiger partial charge in [-0.2, -0.15) is 0 Å². The van der Waals surface area contributed by atoms with Crippen molar-refractivity contribution in [3.63, 3.8) is 0 Å². The monoisotopic (exact) mass is 351 g/mol. The van der Waals surface area contributed by atoms with E-state index < -0.39 is 5.41 Å². The Labute approximate surface area is 154 Å². The van der Waals surface area contributed by atoms with Crippen LogP contribution in [-0.2, 0) is 10.2 Å². The van der Waals surface area contributed by atoms with Gasteiger partial charge in [-0.15, -0.1) is 0 Å². The molecule has 3 N–H and O–H groups in total. The summed E-state index contributed by atoms with van der Waals surface area (Å²) < 4.78 is 0. The van der Waals surface area contributed by atoms with Crippen molar-refractivity contribution < 1.29 is 4.79 Å². The highest BCUT2D eigenvalue weighted by Crippen LogP contribution is 2.43. The highest BCUT2D eigenvalue weighted by molar-refractivity contribution is 6.07. The number of anilines is 2. The van der Waals surface area contributed by atoms with E-state index >= 15 is 0 Å². The molecule has 0 aliphatic carbocycles. The minimum Gasteiger partial charge on any atom is -0.383 e. The molecule has 0 unspecified atom stereocenters. The van der Waals surface area contributed by atoms with E-state index in [9.17, 15) is 4.79 Å². The van der Waals surface area contributed by atoms with Crippen LogP contribution in [0, 0.1) is 6.92 Å². The normalized spacial score (nSPS) is 17.7. The van der Waals surface area contributed by atoms with Crippen molar-refractivity contribution in [1.29, 1.82) is 0 Å². The molecule has 136 valence electrons. The summed E-state index contributed by atoms with van der Waals surface area (Å²) >= 11 is 0. The standard InChI is InChI=1S/C18H19N5O.C2H6/c1-9(2)18(5)13-11(4)21-15(22-16(13)23-17(18)24)10(3)12-7-6-8-20-14(12)19;1-2/h6-8H,1,3H2,2,4-5H3,(H2,19,20)(H,21,22,23,24);1-2H3/t18-;/m0./s1. The second-order valence-electron chi connectivity index (χ2n) is 6.13. The minimum absolute atomic E-state index is 0.147. The van der Waals surface area contributed by atoms with Crippen LogP contribution < -0.4 is 11.1 Å². The highest BCUT2D eigenvalue weighted by Gasteiger charge is 2.46. The third kappa shape index (κ3) is 2.87. The molecule has 0 bridgehead atoms. The number of aryl methyl sites for hydroxylation is 1. The van der Waals surface area contributed by atoms with E-state index in [0.717, 1.165) is 11.1 Å². The molecule has 1 aliphatic heterocycles. The fourth-order valence-electron chi connectivity index (χ4n) is 2.94. The number of aromatic nitrogens is 3. The molecular weight excluding hydrogens is 326 g/mol. The van der Waals surface area contributed by atoms with Crippen LogP contribution in [0.5, 0.6) is 0 Å². The second-order valence-corrected chi connectivity index (χ2v) is 6.13. The lowest BCUT2D eigenvalue weighted by Crippen LogP contribution is -2.32. The molecule has 0 fully saturated rings. The Morgan fingerprint density at radius 1 is 1.27 bits per heavy atom. The number of amides is 1. The first-order valence-corrected chi connectivity index (χ1v) is 8.53. The second kappa shape index (κ2) is 7.07. The predicted molar refractivity (Wildman–Crippen MR) is 106 cm³/mol. The summed E-state index contributed by atoms with van der Waals surface area (Å²) in [5, 5.41) is 2.83. The zero-order chi connectivity index (χ0) is 19.6. The van der Waals surface area contributed by atoms with Gasteiger partial charge in [0.25, 0.3) is 0 Å². The van der Waals surface area contributed by atoms with Gasteiger partial charge in [0.2, 0.25) is 5.91 Å². The first-order valence-electron chi connectivity index (χ1n) is 8.53. The molecule has 1 amide bonds. The van der Waals surface area contributed by atoms with Crippen LogP contribution in [-0.4, -0.2) is 20.9 Å². The number of nitrogen functional groups attached to an aromatic ring is 1. The van der Waals surface area contributed by atoms with Gasteiger partial charge in [-0.05, 0) is 32.9 Å². The van der Waals surface area contributed by atoms with Gasteiger partial charge >= 0.3 is 0 Å². The number of hydrogen-bond donors (Lipinski definition) is 2. The average Bonchev–Trinajstić information content (AvgIpc) is 2.88. The van der Waals surface area contributed by atoms with Crippen molar-refractivity contribution in [1.82, 2.24) is 15.0 Å². The van der Waals surface area contributed by atoms with E-state index in [0.29, 0.717) is 34.3 Å². The maximum atomic E-state index is 12.5. The molecule has 0 spiro atoms. The lowest BCUT2D eigenvalue weighted by atomic mass is 9.78. The summed E-state index contributed by atoms with van der Waals surface area (Å²) in [6.45, 7) is 17.5. The van der Waals surface area contributed by atoms with Crippen molar-refractivity contribution in [3.8, 4) is 0 Å². The number of rotatable bonds is 3. The van der Waals surface area contributed by atoms with E-state index in [2.05, 4.69) is 33.4 Å². The molecule has 2 aromatic heterocycles. The fourth-order valence-corrected chi connectivity index (χ4v) is 2.94. The molecule has 3 heterocycles. The number of carbonyl (C=O) groups excluding carboxylic acids is 1. The maximum absolute atomic E-state index is 12.5. The van der Waals surface area contributed by atoms with Crippen LogP contribution in [0.3, 0.4) is 0 Å². The summed E-state index contributed by atoms with van der Waals surface area (Å²) in [6, 6.07) is 3.59. The molecule has 6 heteroatoms. The Balaban J connectivity index is 0.00000117. The SMILES string of the molecule is C=C(c1nc(C)c2c(n1)NC(=O)[C@@]2(C)C(=C)C)c1cccnc1N.CC. The molecule has 1 aliphatic rings. The Hall–Kier alpha value is -3.02. The Morgan fingerprint density at radius 2 is 1.92 bits per heavy atom. The Kier molecular flexibility index (Phi) is 5.25. The van der Waals surface area contributed by atoms with Crippen LogP contribution in [0.4, 0.5) is 11.6 Å². The molecule has 0 saturated heterocycles. The van der Waals surface area contributed by atoms with Crippen LogP contribution in [0.2, 0.25) is 0 Å². The van der Waals surface area contributed by atoms with Crippen molar-refractivity contribution in [2.24, 2.45) is 0 Å². The molecule has 0 aromatic carbocycles. The molecule has 3 rings (SSSR count). The number of pyridine rings is 1. The lowest BCUT2D eigenvalue weighted by Gasteiger charge is -2.23. The highest BCUT2D eigenvalue weighted by atomic mass is 16.2. The predicted octanol–water partition coefficient (Wildman–Crippen LogP) is 3.64. The largest absolute Gasteiger partial charge is 0.383 e. The lowest BCUT2D eigenvalue weighted by molar-refractivity contribution is -0.119. The van der Waals surface area contributed by atoms with Gasteiger partial charge in [-0.25, -0.2) is 15.0 Å². The third-order valence-electron chi connectivity index (χ3n) is 4.56. The van der Waals surface area contributed by atoms with Gasteiger partial charge < -0.3 is 11.1 Å². The smallest absolute Gasteiger partial charge is 0.240 e. The summed E-state index contributed by atoms with van der Waals surface area (Å²) in [5.41, 5.74) is 8.52. The van der Waals surface area contributed by atoms with Crippen molar-refractivity contribution in [3.05, 3.63) is 59.7 Å². The van der Waals surface area contributed by atoms with E-state index in [1.807, 2.05) is 40.7 Å². The van der Waals surface area contributed by atoms with Gasteiger partial charge in [-0.1, -0.05) is 32.6 Å². The molecule has 0 saturated carbocycles. The average molecular weight is 351 g/mol. The van der Waals surface area contributed by atoms with E-state index in [4.69, 9.17) is 5.73 Å². The van der Waals surface area contributed by atoms with Crippen LogP contribution in [0.1, 0.15) is 50.3 Å². The maximum Gasteiger partial charge on any atom is 0.240 e. The molecule has 0 radical (unpaired) electrons. The zero-order valence-corrected chi connectivity index (χ0v) is 16.0. The van der Waals surface area contributed by atoms with Crippen molar-refractivity contribution in [2.45, 2.75) is 40.0 Å². The van der Waals surface area contributed by atoms with Crippen molar-refractivity contribution >= 4 is 23.1 Å². The minimum atomic E-state index is -0.827. The first-order chi connectivity index (χ1) is 12.3. The number of fused-ring (bicyclic) bond motifs is 1. The van der Waals surface area contributed by atoms with Gasteiger partial charge in [0.1, 0.15) is 11.6 Å². The zero-order valence-electron chi connectivity index (χ0n) is 16.0. The van der Waals surface area contributed by atoms with E-state index in [1.54, 1.807) is 12.3 Å². The number of nitrogens with two attached hydrogens (primary N) is 1. The molecule has 2 aromatic rings. The number of nitrogens with one attached hydrogen (secondary N) is 1. The first kappa shape index (κ1) is 19.3.